The van der Waals surface area contributed by atoms with Crippen LogP contribution in [0.2, 0.25) is 0 Å². The summed E-state index contributed by atoms with van der Waals surface area (Å²) in [5.74, 6) is 0.759. The van der Waals surface area contributed by atoms with Crippen LogP contribution in [0.5, 0.6) is 0 Å². The first-order valence-electron chi connectivity index (χ1n) is 3.47. The fourth-order valence-corrected chi connectivity index (χ4v) is 0.183. The van der Waals surface area contributed by atoms with Crippen LogP contribution in [-0.2, 0) is 11.1 Å². The van der Waals surface area contributed by atoms with Crippen LogP contribution in [0.4, 0.5) is 0 Å². The first-order chi connectivity index (χ1) is 5.04. The van der Waals surface area contributed by atoms with E-state index in [-0.39, 0.29) is 5.75 Å². The van der Waals surface area contributed by atoms with Crippen molar-refractivity contribution >= 4 is 11.1 Å². The molecule has 3 nitrogen and oxygen atoms in total. The van der Waals surface area contributed by atoms with Crippen LogP contribution < -0.4 is 0 Å². The smallest absolute Gasteiger partial charge is 0.0624 e. The Kier molecular flexibility index (Phi) is 11.5. The Morgan fingerprint density at radius 1 is 1.64 bits per heavy atom. The van der Waals surface area contributed by atoms with Gasteiger partial charge in [-0.1, -0.05) is 31.9 Å². The maximum absolute atomic E-state index is 9.37. The van der Waals surface area contributed by atoms with Crippen LogP contribution in [0.15, 0.2) is 0 Å². The van der Waals surface area contributed by atoms with Gasteiger partial charge in [0.05, 0.1) is 6.07 Å². The molecule has 1 atom stereocenters. The first-order valence-corrected chi connectivity index (χ1v) is 4.71. The standard InChI is InChI=1S/C5H9N.C2H6O2S/c1-5(2)3-4-6;1-2-5(3)4/h5H,3H2,1-2H3;2H2,1H3,(H,3,4)/p-1. The molecule has 0 aliphatic carbocycles. The van der Waals surface area contributed by atoms with Gasteiger partial charge in [-0.15, -0.1) is 0 Å². The summed E-state index contributed by atoms with van der Waals surface area (Å²) in [5, 5.41) is 7.99. The van der Waals surface area contributed by atoms with Gasteiger partial charge < -0.3 is 4.55 Å². The average molecular weight is 176 g/mol. The van der Waals surface area contributed by atoms with E-state index in [4.69, 9.17) is 5.26 Å². The third-order valence-corrected chi connectivity index (χ3v) is 1.21. The normalized spacial score (nSPS) is 11.3. The largest absolute Gasteiger partial charge is 0.772 e. The van der Waals surface area contributed by atoms with Gasteiger partial charge in [0.1, 0.15) is 0 Å². The van der Waals surface area contributed by atoms with Gasteiger partial charge in [-0.2, -0.15) is 5.26 Å². The zero-order valence-electron chi connectivity index (χ0n) is 7.16. The van der Waals surface area contributed by atoms with Crippen molar-refractivity contribution in [1.29, 1.82) is 5.26 Å². The Balaban J connectivity index is 0. The molecule has 11 heavy (non-hydrogen) atoms. The molecule has 0 amide bonds. The lowest BCUT2D eigenvalue weighted by Gasteiger charge is -1.93. The topological polar surface area (TPSA) is 63.9 Å². The summed E-state index contributed by atoms with van der Waals surface area (Å²) in [5.41, 5.74) is 0. The lowest BCUT2D eigenvalue weighted by Crippen LogP contribution is -1.85. The number of hydrogen-bond acceptors (Lipinski definition) is 3. The summed E-state index contributed by atoms with van der Waals surface area (Å²) >= 11 is -1.82. The molecule has 0 radical (unpaired) electrons. The molecule has 0 aliphatic rings. The van der Waals surface area contributed by atoms with E-state index >= 15 is 0 Å². The Hall–Kier alpha value is -0.400. The molecular formula is C7H14NO2S-. The molecule has 0 saturated carbocycles. The summed E-state index contributed by atoms with van der Waals surface area (Å²) < 4.78 is 18.7. The van der Waals surface area contributed by atoms with Crippen molar-refractivity contribution < 1.29 is 8.76 Å². The summed E-state index contributed by atoms with van der Waals surface area (Å²) in [6, 6.07) is 2.07. The highest BCUT2D eigenvalue weighted by Crippen LogP contribution is 1.94. The molecule has 0 saturated heterocycles. The quantitative estimate of drug-likeness (QED) is 0.598. The molecule has 0 heterocycles. The van der Waals surface area contributed by atoms with Crippen LogP contribution in [0.3, 0.4) is 0 Å². The van der Waals surface area contributed by atoms with Crippen molar-refractivity contribution in [3.8, 4) is 6.07 Å². The Bertz CT molecular complexity index is 140. The number of hydrogen-bond donors (Lipinski definition) is 0. The molecule has 0 spiro atoms. The predicted molar refractivity (Wildman–Crippen MR) is 44.5 cm³/mol. The van der Waals surface area contributed by atoms with Crippen LogP contribution in [-0.4, -0.2) is 14.5 Å². The molecule has 66 valence electrons. The highest BCUT2D eigenvalue weighted by Gasteiger charge is 1.85. The lowest BCUT2D eigenvalue weighted by molar-refractivity contribution is 0.538. The van der Waals surface area contributed by atoms with Gasteiger partial charge in [0, 0.05) is 12.2 Å². The molecule has 1 unspecified atom stereocenters. The minimum atomic E-state index is -1.82. The zero-order valence-corrected chi connectivity index (χ0v) is 7.98. The third-order valence-electron chi connectivity index (χ3n) is 0.735. The van der Waals surface area contributed by atoms with E-state index in [1.54, 1.807) is 6.92 Å². The van der Waals surface area contributed by atoms with E-state index in [0.29, 0.717) is 12.3 Å². The van der Waals surface area contributed by atoms with E-state index in [1.807, 2.05) is 13.8 Å². The number of rotatable bonds is 2. The van der Waals surface area contributed by atoms with Crippen LogP contribution >= 0.6 is 0 Å². The Labute approximate surface area is 70.7 Å². The highest BCUT2D eigenvalue weighted by molar-refractivity contribution is 7.79. The van der Waals surface area contributed by atoms with E-state index in [9.17, 15) is 8.76 Å². The maximum Gasteiger partial charge on any atom is 0.0624 e. The van der Waals surface area contributed by atoms with Gasteiger partial charge in [-0.05, 0) is 5.92 Å². The maximum atomic E-state index is 9.37. The van der Waals surface area contributed by atoms with Gasteiger partial charge in [-0.3, -0.25) is 4.21 Å². The predicted octanol–water partition coefficient (Wildman–Crippen LogP) is 1.44. The minimum absolute atomic E-state index is 0.222. The second kappa shape index (κ2) is 9.60. The van der Waals surface area contributed by atoms with E-state index in [2.05, 4.69) is 6.07 Å². The molecule has 4 heteroatoms. The monoisotopic (exact) mass is 176 g/mol. The molecule has 0 rings (SSSR count). The van der Waals surface area contributed by atoms with Crippen molar-refractivity contribution in [2.75, 3.05) is 5.75 Å². The van der Waals surface area contributed by atoms with E-state index in [0.717, 1.165) is 0 Å². The molecule has 0 aromatic rings. The molecule has 0 aliphatic heterocycles. The lowest BCUT2D eigenvalue weighted by atomic mass is 10.2. The van der Waals surface area contributed by atoms with Crippen molar-refractivity contribution in [3.63, 3.8) is 0 Å². The summed E-state index contributed by atoms with van der Waals surface area (Å²) in [4.78, 5) is 0. The summed E-state index contributed by atoms with van der Waals surface area (Å²) in [6.07, 6.45) is 0.681. The van der Waals surface area contributed by atoms with Gasteiger partial charge in [0.2, 0.25) is 0 Å². The van der Waals surface area contributed by atoms with Gasteiger partial charge >= 0.3 is 0 Å². The van der Waals surface area contributed by atoms with E-state index in [1.165, 1.54) is 0 Å². The van der Waals surface area contributed by atoms with Crippen LogP contribution in [0, 0.1) is 17.2 Å². The SMILES string of the molecule is CC(C)CC#N.CCS(=O)[O-]. The fourth-order valence-electron chi connectivity index (χ4n) is 0.183. The summed E-state index contributed by atoms with van der Waals surface area (Å²) in [7, 11) is 0. The second-order valence-corrected chi connectivity index (χ2v) is 3.53. The molecule has 0 aromatic heterocycles. The van der Waals surface area contributed by atoms with Crippen molar-refractivity contribution in [2.45, 2.75) is 27.2 Å². The average Bonchev–Trinajstić information content (AvgIpc) is 1.89. The molecule has 0 fully saturated rings. The van der Waals surface area contributed by atoms with Gasteiger partial charge in [0.25, 0.3) is 0 Å². The molecule has 0 N–H and O–H groups in total. The highest BCUT2D eigenvalue weighted by atomic mass is 32.2. The third kappa shape index (κ3) is 26.2. The second-order valence-electron chi connectivity index (χ2n) is 2.35. The fraction of sp³-hybridized carbons (Fsp3) is 0.857. The number of nitrogens with zero attached hydrogens (tertiary/aromatic N) is 1. The molecular weight excluding hydrogens is 162 g/mol. The van der Waals surface area contributed by atoms with Crippen LogP contribution in [0.1, 0.15) is 27.2 Å². The molecule has 0 bridgehead atoms. The van der Waals surface area contributed by atoms with Gasteiger partial charge in [0.15, 0.2) is 0 Å². The number of nitriles is 1. The van der Waals surface area contributed by atoms with Crippen molar-refractivity contribution in [1.82, 2.24) is 0 Å². The van der Waals surface area contributed by atoms with Crippen molar-refractivity contribution in [2.24, 2.45) is 5.92 Å². The Morgan fingerprint density at radius 2 is 2.00 bits per heavy atom. The molecule has 0 aromatic carbocycles. The Morgan fingerprint density at radius 3 is 2.00 bits per heavy atom. The minimum Gasteiger partial charge on any atom is -0.772 e. The first kappa shape index (κ1) is 13.2. The van der Waals surface area contributed by atoms with E-state index < -0.39 is 11.1 Å². The van der Waals surface area contributed by atoms with Crippen LogP contribution in [0.25, 0.3) is 0 Å². The van der Waals surface area contributed by atoms with Gasteiger partial charge in [-0.25, -0.2) is 0 Å². The zero-order chi connectivity index (χ0) is 9.28. The summed E-state index contributed by atoms with van der Waals surface area (Å²) in [6.45, 7) is 5.65. The van der Waals surface area contributed by atoms with Crippen molar-refractivity contribution in [3.05, 3.63) is 0 Å².